The van der Waals surface area contributed by atoms with Gasteiger partial charge in [0.15, 0.2) is 0 Å². The fourth-order valence-electron chi connectivity index (χ4n) is 6.04. The summed E-state index contributed by atoms with van der Waals surface area (Å²) in [5, 5.41) is 20.0. The first-order valence-electron chi connectivity index (χ1n) is 11.1. The van der Waals surface area contributed by atoms with Gasteiger partial charge in [-0.05, 0) is 61.3 Å². The van der Waals surface area contributed by atoms with Crippen LogP contribution in [0, 0.1) is 22.7 Å². The number of hydrogen-bond donors (Lipinski definition) is 2. The Balaban J connectivity index is 1.81. The van der Waals surface area contributed by atoms with Gasteiger partial charge >= 0.3 is 17.9 Å². The van der Waals surface area contributed by atoms with E-state index in [4.69, 9.17) is 14.6 Å². The first-order chi connectivity index (χ1) is 14.6. The largest absolute Gasteiger partial charge is 0.481 e. The molecule has 0 aromatic rings. The highest BCUT2D eigenvalue weighted by Gasteiger charge is 2.57. The SMILES string of the molecule is CC1=CCC[C@@H]2[C@@](C)(CCC3=CC(=O)OC3)[C@H](COC(=O)CCC(=O)O)[C@@H](O)C[C@@]12C. The molecule has 5 atom stereocenters. The molecule has 0 spiro atoms. The molecule has 0 aromatic carbocycles. The number of allylic oxidation sites excluding steroid dienone is 2. The molecule has 3 aliphatic rings. The third kappa shape index (κ3) is 4.86. The lowest BCUT2D eigenvalue weighted by Crippen LogP contribution is -2.57. The van der Waals surface area contributed by atoms with Crippen LogP contribution in [0.2, 0.25) is 0 Å². The van der Waals surface area contributed by atoms with Crippen molar-refractivity contribution in [2.24, 2.45) is 22.7 Å². The van der Waals surface area contributed by atoms with Crippen molar-refractivity contribution >= 4 is 17.9 Å². The molecule has 1 saturated carbocycles. The van der Waals surface area contributed by atoms with E-state index in [0.29, 0.717) is 25.4 Å². The molecule has 31 heavy (non-hydrogen) atoms. The van der Waals surface area contributed by atoms with E-state index >= 15 is 0 Å². The molecular formula is C24H34O7. The van der Waals surface area contributed by atoms with E-state index in [1.165, 1.54) is 5.57 Å². The lowest BCUT2D eigenvalue weighted by atomic mass is 9.46. The number of esters is 2. The number of aliphatic hydroxyl groups is 1. The molecule has 0 radical (unpaired) electrons. The van der Waals surface area contributed by atoms with Crippen molar-refractivity contribution in [3.05, 3.63) is 23.3 Å². The Morgan fingerprint density at radius 2 is 2.03 bits per heavy atom. The van der Waals surface area contributed by atoms with E-state index in [9.17, 15) is 19.5 Å². The zero-order chi connectivity index (χ0) is 22.8. The fourth-order valence-corrected chi connectivity index (χ4v) is 6.04. The minimum Gasteiger partial charge on any atom is -0.481 e. The monoisotopic (exact) mass is 434 g/mol. The summed E-state index contributed by atoms with van der Waals surface area (Å²) < 4.78 is 10.5. The number of aliphatic carboxylic acids is 1. The molecule has 172 valence electrons. The average Bonchev–Trinajstić information content (AvgIpc) is 3.11. The molecule has 7 nitrogen and oxygen atoms in total. The Morgan fingerprint density at radius 3 is 2.68 bits per heavy atom. The van der Waals surface area contributed by atoms with Gasteiger partial charge in [0.1, 0.15) is 6.61 Å². The molecule has 1 fully saturated rings. The second kappa shape index (κ2) is 9.15. The van der Waals surface area contributed by atoms with Crippen LogP contribution in [0.1, 0.15) is 65.7 Å². The van der Waals surface area contributed by atoms with E-state index in [1.54, 1.807) is 6.08 Å². The normalized spacial score (nSPS) is 35.0. The van der Waals surface area contributed by atoms with E-state index in [1.807, 2.05) is 0 Å². The lowest BCUT2D eigenvalue weighted by molar-refractivity contribution is -0.165. The van der Waals surface area contributed by atoms with Crippen molar-refractivity contribution in [2.75, 3.05) is 13.2 Å². The molecule has 2 aliphatic carbocycles. The molecule has 2 N–H and O–H groups in total. The van der Waals surface area contributed by atoms with Gasteiger partial charge in [0, 0.05) is 12.0 Å². The van der Waals surface area contributed by atoms with Crippen molar-refractivity contribution in [3.8, 4) is 0 Å². The predicted molar refractivity (Wildman–Crippen MR) is 113 cm³/mol. The van der Waals surface area contributed by atoms with Crippen LogP contribution >= 0.6 is 0 Å². The first-order valence-corrected chi connectivity index (χ1v) is 11.1. The molecule has 0 aromatic heterocycles. The number of aliphatic hydroxyl groups excluding tert-OH is 1. The Hall–Kier alpha value is -2.15. The Bertz CT molecular complexity index is 798. The molecule has 0 amide bonds. The number of carboxylic acid groups (broad SMARTS) is 1. The molecule has 0 bridgehead atoms. The van der Waals surface area contributed by atoms with E-state index in [2.05, 4.69) is 26.8 Å². The highest BCUT2D eigenvalue weighted by Crippen LogP contribution is 2.62. The van der Waals surface area contributed by atoms with Crippen molar-refractivity contribution in [1.29, 1.82) is 0 Å². The number of rotatable bonds is 8. The maximum Gasteiger partial charge on any atom is 0.331 e. The van der Waals surface area contributed by atoms with Gasteiger partial charge in [-0.3, -0.25) is 9.59 Å². The number of cyclic esters (lactones) is 1. The minimum absolute atomic E-state index is 0.0694. The number of carboxylic acids is 1. The topological polar surface area (TPSA) is 110 Å². The van der Waals surface area contributed by atoms with Crippen molar-refractivity contribution < 1.29 is 34.1 Å². The molecule has 0 unspecified atom stereocenters. The lowest BCUT2D eigenvalue weighted by Gasteiger charge is -2.60. The summed E-state index contributed by atoms with van der Waals surface area (Å²) in [5.74, 6) is -1.86. The van der Waals surface area contributed by atoms with Crippen molar-refractivity contribution in [1.82, 2.24) is 0 Å². The first kappa shape index (κ1) is 23.5. The van der Waals surface area contributed by atoms with Crippen molar-refractivity contribution in [3.63, 3.8) is 0 Å². The van der Waals surface area contributed by atoms with Gasteiger partial charge in [-0.15, -0.1) is 0 Å². The third-order valence-electron chi connectivity index (χ3n) is 7.99. The number of fused-ring (bicyclic) bond motifs is 1. The summed E-state index contributed by atoms with van der Waals surface area (Å²) in [6, 6.07) is 0. The Kier molecular flexibility index (Phi) is 6.94. The highest BCUT2D eigenvalue weighted by molar-refractivity contribution is 5.85. The summed E-state index contributed by atoms with van der Waals surface area (Å²) in [7, 11) is 0. The van der Waals surface area contributed by atoms with Crippen LogP contribution in [0.5, 0.6) is 0 Å². The zero-order valence-corrected chi connectivity index (χ0v) is 18.7. The van der Waals surface area contributed by atoms with E-state index in [0.717, 1.165) is 24.8 Å². The van der Waals surface area contributed by atoms with Crippen molar-refractivity contribution in [2.45, 2.75) is 71.8 Å². The maximum absolute atomic E-state index is 12.1. The van der Waals surface area contributed by atoms with Gasteiger partial charge < -0.3 is 19.7 Å². The third-order valence-corrected chi connectivity index (χ3v) is 7.99. The van der Waals surface area contributed by atoms with Crippen LogP contribution < -0.4 is 0 Å². The Labute approximate surface area is 183 Å². The molecule has 1 aliphatic heterocycles. The standard InChI is InChI=1S/C24H34O7/c1-15-5-4-6-19-23(2,10-9-16-11-22(29)30-13-16)17(18(25)12-24(15,19)3)14-31-21(28)8-7-20(26)27/h5,11,17-19,25H,4,6-10,12-14H2,1-3H3,(H,26,27)/t17-,18+,19-,23+,24+/m1/s1. The van der Waals surface area contributed by atoms with Gasteiger partial charge in [0.05, 0.1) is 25.6 Å². The van der Waals surface area contributed by atoms with Crippen LogP contribution in [0.15, 0.2) is 23.3 Å². The second-order valence-electron chi connectivity index (χ2n) is 9.81. The van der Waals surface area contributed by atoms with Crippen LogP contribution in [0.4, 0.5) is 0 Å². The summed E-state index contributed by atoms with van der Waals surface area (Å²) in [4.78, 5) is 34.3. The number of hydrogen-bond acceptors (Lipinski definition) is 6. The second-order valence-corrected chi connectivity index (χ2v) is 9.81. The van der Waals surface area contributed by atoms with Gasteiger partial charge in [0.25, 0.3) is 0 Å². The summed E-state index contributed by atoms with van der Waals surface area (Å²) >= 11 is 0. The van der Waals surface area contributed by atoms with Gasteiger partial charge in [0.2, 0.25) is 0 Å². The van der Waals surface area contributed by atoms with Crippen LogP contribution in [0.3, 0.4) is 0 Å². The number of carbonyl (C=O) groups excluding carboxylic acids is 2. The zero-order valence-electron chi connectivity index (χ0n) is 18.7. The molecular weight excluding hydrogens is 400 g/mol. The van der Waals surface area contributed by atoms with Gasteiger partial charge in [-0.2, -0.15) is 0 Å². The molecule has 1 heterocycles. The fraction of sp³-hybridized carbons (Fsp3) is 0.708. The van der Waals surface area contributed by atoms with Gasteiger partial charge in [-0.25, -0.2) is 4.79 Å². The quantitative estimate of drug-likeness (QED) is 0.445. The number of ether oxygens (including phenoxy) is 2. The van der Waals surface area contributed by atoms with Crippen LogP contribution in [0.25, 0.3) is 0 Å². The average molecular weight is 435 g/mol. The summed E-state index contributed by atoms with van der Waals surface area (Å²) in [6.07, 6.45) is 6.75. The van der Waals surface area contributed by atoms with Crippen LogP contribution in [-0.4, -0.2) is 47.4 Å². The molecule has 0 saturated heterocycles. The predicted octanol–water partition coefficient (Wildman–Crippen LogP) is 3.41. The highest BCUT2D eigenvalue weighted by atomic mass is 16.5. The number of carbonyl (C=O) groups is 3. The Morgan fingerprint density at radius 1 is 1.29 bits per heavy atom. The van der Waals surface area contributed by atoms with Gasteiger partial charge in [-0.1, -0.05) is 25.5 Å². The summed E-state index contributed by atoms with van der Waals surface area (Å²) in [5.41, 5.74) is 1.80. The maximum atomic E-state index is 12.1. The minimum atomic E-state index is -1.04. The smallest absolute Gasteiger partial charge is 0.331 e. The molecule has 7 heteroatoms. The van der Waals surface area contributed by atoms with Crippen LogP contribution in [-0.2, 0) is 23.9 Å². The molecule has 3 rings (SSSR count). The van der Waals surface area contributed by atoms with E-state index < -0.39 is 18.0 Å². The summed E-state index contributed by atoms with van der Waals surface area (Å²) in [6.45, 7) is 6.91. The van der Waals surface area contributed by atoms with E-state index in [-0.39, 0.29) is 42.2 Å².